The van der Waals surface area contributed by atoms with Crippen LogP contribution in [-0.2, 0) is 10.8 Å². The molecule has 0 aliphatic heterocycles. The first-order valence-electron chi connectivity index (χ1n) is 29.3. The maximum atomic E-state index is 2.49. The summed E-state index contributed by atoms with van der Waals surface area (Å²) in [5.41, 5.74) is 29.1. The van der Waals surface area contributed by atoms with Crippen LogP contribution in [0.2, 0.25) is 0 Å². The molecule has 14 aromatic carbocycles. The summed E-state index contributed by atoms with van der Waals surface area (Å²) in [5, 5.41) is 4.85. The second-order valence-electron chi connectivity index (χ2n) is 23.1. The molecule has 84 heavy (non-hydrogen) atoms. The molecule has 0 amide bonds. The third-order valence-corrected chi connectivity index (χ3v) is 19.0. The number of hydrogen-bond donors (Lipinski definition) is 0. The first-order chi connectivity index (χ1) is 41.6. The van der Waals surface area contributed by atoms with Gasteiger partial charge in [0, 0.05) is 34.1 Å². The highest BCUT2D eigenvalue weighted by Crippen LogP contribution is 2.65. The molecule has 4 aliphatic rings. The van der Waals surface area contributed by atoms with Crippen molar-refractivity contribution >= 4 is 55.7 Å². The van der Waals surface area contributed by atoms with Gasteiger partial charge < -0.3 is 9.80 Å². The maximum Gasteiger partial charge on any atom is 0.0726 e. The average molecular weight is 1070 g/mol. The zero-order chi connectivity index (χ0) is 55.1. The number of fused-ring (bicyclic) bond motifs is 22. The molecular formula is C82H52N2. The van der Waals surface area contributed by atoms with Gasteiger partial charge in [-0.05, 0) is 194 Å². The van der Waals surface area contributed by atoms with Gasteiger partial charge in [-0.1, -0.05) is 243 Å². The van der Waals surface area contributed by atoms with E-state index in [4.69, 9.17) is 0 Å². The molecule has 0 saturated heterocycles. The second kappa shape index (κ2) is 17.8. The van der Waals surface area contributed by atoms with Crippen molar-refractivity contribution in [3.05, 3.63) is 360 Å². The molecule has 18 rings (SSSR count). The summed E-state index contributed by atoms with van der Waals surface area (Å²) in [6, 6.07) is 118. The summed E-state index contributed by atoms with van der Waals surface area (Å²) in [4.78, 5) is 4.90. The number of benzene rings is 14. The third kappa shape index (κ3) is 6.45. The molecule has 14 aromatic rings. The van der Waals surface area contributed by atoms with Crippen molar-refractivity contribution in [3.63, 3.8) is 0 Å². The van der Waals surface area contributed by atoms with Crippen molar-refractivity contribution in [2.75, 3.05) is 9.80 Å². The van der Waals surface area contributed by atoms with E-state index in [2.05, 4.69) is 325 Å². The Bertz CT molecular complexity index is 4600. The molecule has 0 unspecified atom stereocenters. The van der Waals surface area contributed by atoms with Crippen LogP contribution in [0.4, 0.5) is 34.1 Å². The summed E-state index contributed by atoms with van der Waals surface area (Å²) in [5.74, 6) is 0. The van der Waals surface area contributed by atoms with E-state index < -0.39 is 10.8 Å². The highest BCUT2D eigenvalue weighted by Gasteiger charge is 2.53. The predicted octanol–water partition coefficient (Wildman–Crippen LogP) is 21.3. The Morgan fingerprint density at radius 2 is 0.405 bits per heavy atom. The Hall–Kier alpha value is -10.8. The number of hydrogen-bond acceptors (Lipinski definition) is 2. The fourth-order valence-electron chi connectivity index (χ4n) is 15.6. The lowest BCUT2D eigenvalue weighted by Crippen LogP contribution is -2.26. The third-order valence-electron chi connectivity index (χ3n) is 19.0. The van der Waals surface area contributed by atoms with Crippen LogP contribution < -0.4 is 9.80 Å². The lowest BCUT2D eigenvalue weighted by atomic mass is 9.70. The Kier molecular flexibility index (Phi) is 9.97. The summed E-state index contributed by atoms with van der Waals surface area (Å²) >= 11 is 0. The van der Waals surface area contributed by atoms with E-state index in [-0.39, 0.29) is 0 Å². The Morgan fingerprint density at radius 3 is 0.726 bits per heavy atom. The number of rotatable bonds is 7. The molecule has 0 N–H and O–H groups in total. The standard InChI is InChI=1S/C82H52N2/c1-3-19-57-49-61(43-37-53(57)17-1)83(63-45-47-71-69-25-9-15-31-77(69)81(79(71)51-63)73-27-11-5-21-65(73)66-22-6-12-28-74(66)81)59-39-33-55(34-40-59)56-35-41-60(42-36-56)84(62-44-38-54-18-2-4-20-58(54)50-62)64-46-48-72-70-26-10-16-32-78(70)82(80(72)52-64)75-29-13-7-23-67(75)68-24-8-14-30-76(68)82/h1-52H. The molecule has 0 heterocycles. The molecule has 0 bridgehead atoms. The molecule has 0 aromatic heterocycles. The van der Waals surface area contributed by atoms with E-state index in [9.17, 15) is 0 Å². The fraction of sp³-hybridized carbons (Fsp3) is 0.0244. The molecule has 2 nitrogen and oxygen atoms in total. The van der Waals surface area contributed by atoms with Gasteiger partial charge in [0.25, 0.3) is 0 Å². The second-order valence-corrected chi connectivity index (χ2v) is 23.1. The van der Waals surface area contributed by atoms with Crippen LogP contribution in [0, 0.1) is 0 Å². The summed E-state index contributed by atoms with van der Waals surface area (Å²) < 4.78 is 0. The van der Waals surface area contributed by atoms with Gasteiger partial charge in [0.2, 0.25) is 0 Å². The fourth-order valence-corrected chi connectivity index (χ4v) is 15.6. The quantitative estimate of drug-likeness (QED) is 0.157. The van der Waals surface area contributed by atoms with Gasteiger partial charge in [0.05, 0.1) is 10.8 Å². The van der Waals surface area contributed by atoms with Gasteiger partial charge in [-0.2, -0.15) is 0 Å². The highest BCUT2D eigenvalue weighted by atomic mass is 15.1. The van der Waals surface area contributed by atoms with Crippen LogP contribution >= 0.6 is 0 Å². The molecular weight excluding hydrogens is 1010 g/mol. The molecule has 2 heteroatoms. The minimum atomic E-state index is -0.451. The van der Waals surface area contributed by atoms with E-state index in [0.29, 0.717) is 0 Å². The van der Waals surface area contributed by atoms with Gasteiger partial charge >= 0.3 is 0 Å². The topological polar surface area (TPSA) is 6.48 Å². The normalized spacial score (nSPS) is 13.7. The SMILES string of the molecule is c1ccc2c(c1)-c1ccccc1C21c2ccccc2-c2ccc(N(c3ccc(-c4ccc(N(c5ccc6c(c5)C5(c7ccccc7-c7ccccc75)c5ccccc5-6)c5ccc6ccccc6c5)cc4)cc3)c3ccc4ccccc4c3)cc21. The average Bonchev–Trinajstić information content (AvgIpc) is 3.52. The van der Waals surface area contributed by atoms with Crippen molar-refractivity contribution in [2.45, 2.75) is 10.8 Å². The minimum Gasteiger partial charge on any atom is -0.310 e. The maximum absolute atomic E-state index is 2.49. The summed E-state index contributed by atoms with van der Waals surface area (Å²) in [6.07, 6.45) is 0. The van der Waals surface area contributed by atoms with E-state index in [1.165, 1.54) is 111 Å². The van der Waals surface area contributed by atoms with Gasteiger partial charge in [-0.15, -0.1) is 0 Å². The summed E-state index contributed by atoms with van der Waals surface area (Å²) in [7, 11) is 0. The van der Waals surface area contributed by atoms with Crippen LogP contribution in [-0.4, -0.2) is 0 Å². The zero-order valence-corrected chi connectivity index (χ0v) is 45.9. The Balaban J connectivity index is 0.755. The van der Waals surface area contributed by atoms with Crippen molar-refractivity contribution in [1.29, 1.82) is 0 Å². The first kappa shape index (κ1) is 46.9. The van der Waals surface area contributed by atoms with E-state index in [1.807, 2.05) is 0 Å². The zero-order valence-electron chi connectivity index (χ0n) is 45.9. The predicted molar refractivity (Wildman–Crippen MR) is 349 cm³/mol. The van der Waals surface area contributed by atoms with Gasteiger partial charge in [0.15, 0.2) is 0 Å². The molecule has 390 valence electrons. The van der Waals surface area contributed by atoms with Crippen molar-refractivity contribution < 1.29 is 0 Å². The van der Waals surface area contributed by atoms with Crippen LogP contribution in [0.5, 0.6) is 0 Å². The summed E-state index contributed by atoms with van der Waals surface area (Å²) in [6.45, 7) is 0. The van der Waals surface area contributed by atoms with Gasteiger partial charge in [-0.3, -0.25) is 0 Å². The largest absolute Gasteiger partial charge is 0.310 e. The molecule has 4 aliphatic carbocycles. The number of anilines is 6. The van der Waals surface area contributed by atoms with Crippen LogP contribution in [0.15, 0.2) is 315 Å². The van der Waals surface area contributed by atoms with Crippen molar-refractivity contribution in [1.82, 2.24) is 0 Å². The lowest BCUT2D eigenvalue weighted by molar-refractivity contribution is 0.793. The Morgan fingerprint density at radius 1 is 0.167 bits per heavy atom. The van der Waals surface area contributed by atoms with Crippen molar-refractivity contribution in [2.24, 2.45) is 0 Å². The molecule has 0 radical (unpaired) electrons. The van der Waals surface area contributed by atoms with Crippen molar-refractivity contribution in [3.8, 4) is 55.6 Å². The smallest absolute Gasteiger partial charge is 0.0726 e. The van der Waals surface area contributed by atoms with Crippen LogP contribution in [0.3, 0.4) is 0 Å². The molecule has 2 spiro atoms. The monoisotopic (exact) mass is 1060 g/mol. The number of nitrogens with zero attached hydrogens (tertiary/aromatic N) is 2. The van der Waals surface area contributed by atoms with Crippen LogP contribution in [0.25, 0.3) is 77.2 Å². The molecule has 0 saturated carbocycles. The molecule has 0 atom stereocenters. The van der Waals surface area contributed by atoms with Crippen LogP contribution in [0.1, 0.15) is 44.5 Å². The van der Waals surface area contributed by atoms with E-state index >= 15 is 0 Å². The lowest BCUT2D eigenvalue weighted by Gasteiger charge is -2.32. The highest BCUT2D eigenvalue weighted by molar-refractivity contribution is 6.00. The van der Waals surface area contributed by atoms with Gasteiger partial charge in [0.1, 0.15) is 0 Å². The van der Waals surface area contributed by atoms with Gasteiger partial charge in [-0.25, -0.2) is 0 Å². The van der Waals surface area contributed by atoms with E-state index in [0.717, 1.165) is 45.3 Å². The minimum absolute atomic E-state index is 0.451. The Labute approximate surface area is 489 Å². The molecule has 0 fully saturated rings. The van der Waals surface area contributed by atoms with E-state index in [1.54, 1.807) is 0 Å². The first-order valence-corrected chi connectivity index (χ1v) is 29.3.